The largest absolute Gasteiger partial charge is 0.481 e. The van der Waals surface area contributed by atoms with Crippen LogP contribution < -0.4 is 0 Å². The lowest BCUT2D eigenvalue weighted by Gasteiger charge is -2.35. The molecule has 1 atom stereocenters. The van der Waals surface area contributed by atoms with Crippen LogP contribution in [-0.2, 0) is 9.59 Å². The minimum absolute atomic E-state index is 0.134. The first-order valence-electron chi connectivity index (χ1n) is 6.24. The molecule has 0 aromatic carbocycles. The van der Waals surface area contributed by atoms with Crippen molar-refractivity contribution in [2.45, 2.75) is 45.1 Å². The number of carbonyl (C=O) groups is 2. The van der Waals surface area contributed by atoms with Crippen molar-refractivity contribution in [3.05, 3.63) is 0 Å². The van der Waals surface area contributed by atoms with E-state index in [1.165, 1.54) is 18.2 Å². The molecule has 1 aliphatic heterocycles. The van der Waals surface area contributed by atoms with Crippen LogP contribution in [0.1, 0.15) is 39.0 Å². The molecule has 0 aromatic rings. The summed E-state index contributed by atoms with van der Waals surface area (Å²) in [5.41, 5.74) is 0. The fourth-order valence-corrected chi connectivity index (χ4v) is 2.96. The van der Waals surface area contributed by atoms with Crippen LogP contribution in [-0.4, -0.2) is 46.0 Å². The van der Waals surface area contributed by atoms with Gasteiger partial charge in [-0.1, -0.05) is 6.92 Å². The number of rotatable bonds is 6. The number of carbonyl (C=O) groups excluding carboxylic acids is 1. The number of carboxylic acid groups (broad SMARTS) is 1. The van der Waals surface area contributed by atoms with Crippen molar-refractivity contribution < 1.29 is 14.7 Å². The fourth-order valence-electron chi connectivity index (χ4n) is 2.16. The molecule has 1 fully saturated rings. The molecule has 1 N–H and O–H groups in total. The van der Waals surface area contributed by atoms with E-state index in [9.17, 15) is 9.59 Å². The van der Waals surface area contributed by atoms with Gasteiger partial charge in [-0.3, -0.25) is 9.59 Å². The zero-order chi connectivity index (χ0) is 12.7. The Bertz CT molecular complexity index is 270. The summed E-state index contributed by atoms with van der Waals surface area (Å²) in [6.45, 7) is 2.99. The van der Waals surface area contributed by atoms with Gasteiger partial charge in [0, 0.05) is 18.3 Å². The van der Waals surface area contributed by atoms with Gasteiger partial charge >= 0.3 is 5.97 Å². The van der Waals surface area contributed by atoms with Crippen molar-refractivity contribution in [2.24, 2.45) is 0 Å². The van der Waals surface area contributed by atoms with Crippen LogP contribution >= 0.6 is 11.8 Å². The molecule has 0 bridgehead atoms. The number of hydrogen-bond acceptors (Lipinski definition) is 3. The monoisotopic (exact) mass is 259 g/mol. The second kappa shape index (κ2) is 7.58. The number of nitrogens with zero attached hydrogens (tertiary/aromatic N) is 1. The van der Waals surface area contributed by atoms with Crippen LogP contribution in [0.3, 0.4) is 0 Å². The molecule has 1 saturated heterocycles. The molecule has 1 aliphatic rings. The van der Waals surface area contributed by atoms with E-state index in [0.29, 0.717) is 17.5 Å². The first-order chi connectivity index (χ1) is 8.15. The molecule has 0 aromatic heterocycles. The van der Waals surface area contributed by atoms with Gasteiger partial charge in [0.25, 0.3) is 0 Å². The third-order valence-corrected chi connectivity index (χ3v) is 4.05. The lowest BCUT2D eigenvalue weighted by Crippen LogP contribution is -2.44. The minimum Gasteiger partial charge on any atom is -0.481 e. The Labute approximate surface area is 107 Å². The Morgan fingerprint density at radius 1 is 1.41 bits per heavy atom. The van der Waals surface area contributed by atoms with E-state index in [0.717, 1.165) is 25.8 Å². The Kier molecular flexibility index (Phi) is 6.40. The van der Waals surface area contributed by atoms with Gasteiger partial charge in [0.05, 0.1) is 12.2 Å². The van der Waals surface area contributed by atoms with Crippen LogP contribution in [0.25, 0.3) is 0 Å². The highest BCUT2D eigenvalue weighted by molar-refractivity contribution is 7.99. The summed E-state index contributed by atoms with van der Waals surface area (Å²) < 4.78 is 0. The average Bonchev–Trinajstić information content (AvgIpc) is 2.34. The SMILES string of the molecule is CCC1CCCCN1C(=O)CSCCC(=O)O. The van der Waals surface area contributed by atoms with Gasteiger partial charge in [-0.15, -0.1) is 0 Å². The maximum absolute atomic E-state index is 12.0. The van der Waals surface area contributed by atoms with E-state index in [4.69, 9.17) is 5.11 Å². The molecule has 1 rings (SSSR count). The molecular weight excluding hydrogens is 238 g/mol. The Morgan fingerprint density at radius 2 is 2.18 bits per heavy atom. The van der Waals surface area contributed by atoms with Crippen LogP contribution in [0.5, 0.6) is 0 Å². The lowest BCUT2D eigenvalue weighted by molar-refractivity contribution is -0.136. The molecular formula is C12H21NO3S. The van der Waals surface area contributed by atoms with Gasteiger partial charge in [-0.25, -0.2) is 0 Å². The smallest absolute Gasteiger partial charge is 0.304 e. The third-order valence-electron chi connectivity index (χ3n) is 3.10. The topological polar surface area (TPSA) is 57.6 Å². The van der Waals surface area contributed by atoms with E-state index in [1.54, 1.807) is 0 Å². The molecule has 1 amide bonds. The van der Waals surface area contributed by atoms with E-state index >= 15 is 0 Å². The van der Waals surface area contributed by atoms with Gasteiger partial charge in [0.2, 0.25) is 5.91 Å². The highest BCUT2D eigenvalue weighted by atomic mass is 32.2. The summed E-state index contributed by atoms with van der Waals surface area (Å²) in [4.78, 5) is 24.3. The van der Waals surface area contributed by atoms with E-state index in [1.807, 2.05) is 4.90 Å². The van der Waals surface area contributed by atoms with Gasteiger partial charge in [-0.05, 0) is 25.7 Å². The predicted octanol–water partition coefficient (Wildman–Crippen LogP) is 1.99. The number of hydrogen-bond donors (Lipinski definition) is 1. The van der Waals surface area contributed by atoms with E-state index in [-0.39, 0.29) is 12.3 Å². The average molecular weight is 259 g/mol. The molecule has 1 heterocycles. The molecule has 0 aliphatic carbocycles. The van der Waals surface area contributed by atoms with Crippen LogP contribution in [0.2, 0.25) is 0 Å². The maximum Gasteiger partial charge on any atom is 0.304 e. The molecule has 4 nitrogen and oxygen atoms in total. The van der Waals surface area contributed by atoms with Crippen molar-refractivity contribution in [1.82, 2.24) is 4.90 Å². The van der Waals surface area contributed by atoms with Crippen LogP contribution in [0.4, 0.5) is 0 Å². The van der Waals surface area contributed by atoms with E-state index < -0.39 is 5.97 Å². The standard InChI is InChI=1S/C12H21NO3S/c1-2-10-5-3-4-7-13(10)11(14)9-17-8-6-12(15)16/h10H,2-9H2,1H3,(H,15,16). The van der Waals surface area contributed by atoms with Gasteiger partial charge in [0.15, 0.2) is 0 Å². The molecule has 0 spiro atoms. The first kappa shape index (κ1) is 14.4. The van der Waals surface area contributed by atoms with Crippen molar-refractivity contribution in [3.63, 3.8) is 0 Å². The zero-order valence-corrected chi connectivity index (χ0v) is 11.2. The van der Waals surface area contributed by atoms with Crippen molar-refractivity contribution >= 4 is 23.6 Å². The normalized spacial score (nSPS) is 20.3. The predicted molar refractivity (Wildman–Crippen MR) is 69.2 cm³/mol. The number of likely N-dealkylation sites (tertiary alicyclic amines) is 1. The van der Waals surface area contributed by atoms with Crippen molar-refractivity contribution in [2.75, 3.05) is 18.1 Å². The summed E-state index contributed by atoms with van der Waals surface area (Å²) in [6.07, 6.45) is 4.58. The Morgan fingerprint density at radius 3 is 2.82 bits per heavy atom. The molecule has 17 heavy (non-hydrogen) atoms. The number of carboxylic acids is 1. The quantitative estimate of drug-likeness (QED) is 0.741. The minimum atomic E-state index is -0.797. The number of aliphatic carboxylic acids is 1. The van der Waals surface area contributed by atoms with Gasteiger partial charge in [0.1, 0.15) is 0 Å². The van der Waals surface area contributed by atoms with Gasteiger partial charge in [-0.2, -0.15) is 11.8 Å². The van der Waals surface area contributed by atoms with Crippen molar-refractivity contribution in [3.8, 4) is 0 Å². The molecule has 0 saturated carbocycles. The summed E-state index contributed by atoms with van der Waals surface area (Å²) >= 11 is 1.42. The molecule has 0 radical (unpaired) electrons. The lowest BCUT2D eigenvalue weighted by atomic mass is 10.0. The van der Waals surface area contributed by atoms with Crippen LogP contribution in [0.15, 0.2) is 0 Å². The summed E-state index contributed by atoms with van der Waals surface area (Å²) in [5, 5.41) is 8.50. The zero-order valence-electron chi connectivity index (χ0n) is 10.4. The van der Waals surface area contributed by atoms with Crippen molar-refractivity contribution in [1.29, 1.82) is 0 Å². The highest BCUT2D eigenvalue weighted by Crippen LogP contribution is 2.20. The van der Waals surface area contributed by atoms with E-state index in [2.05, 4.69) is 6.92 Å². The summed E-state index contributed by atoms with van der Waals surface area (Å²) in [6, 6.07) is 0.399. The molecule has 1 unspecified atom stereocenters. The second-order valence-electron chi connectivity index (χ2n) is 4.34. The fraction of sp³-hybridized carbons (Fsp3) is 0.833. The van der Waals surface area contributed by atoms with Crippen LogP contribution in [0, 0.1) is 0 Å². The third kappa shape index (κ3) is 4.98. The Balaban J connectivity index is 2.27. The van der Waals surface area contributed by atoms with Gasteiger partial charge < -0.3 is 10.0 Å². The summed E-state index contributed by atoms with van der Waals surface area (Å²) in [7, 11) is 0. The number of piperidine rings is 1. The highest BCUT2D eigenvalue weighted by Gasteiger charge is 2.24. The number of thioether (sulfide) groups is 1. The second-order valence-corrected chi connectivity index (χ2v) is 5.45. The summed E-state index contributed by atoms with van der Waals surface area (Å²) in [5.74, 6) is 0.316. The first-order valence-corrected chi connectivity index (χ1v) is 7.39. The molecule has 5 heteroatoms. The Hall–Kier alpha value is -0.710. The maximum atomic E-state index is 12.0. The molecule has 98 valence electrons. The number of amides is 1.